The molecule has 0 bridgehead atoms. The van der Waals surface area contributed by atoms with Gasteiger partial charge in [0.25, 0.3) is 0 Å². The number of hydrogen-bond donors (Lipinski definition) is 1. The molecular formula is C9H8BrNO2S. The summed E-state index contributed by atoms with van der Waals surface area (Å²) in [5.41, 5.74) is 0.997. The lowest BCUT2D eigenvalue weighted by atomic mass is 10.2. The topological polar surface area (TPSA) is 41.8 Å². The molecule has 0 spiro atoms. The summed E-state index contributed by atoms with van der Waals surface area (Å²) in [5.74, 6) is 0.519. The number of benzene rings is 1. The van der Waals surface area contributed by atoms with E-state index in [0.717, 1.165) is 15.1 Å². The summed E-state index contributed by atoms with van der Waals surface area (Å²) in [7, 11) is 0. The first-order valence-corrected chi connectivity index (χ1v) is 5.84. The van der Waals surface area contributed by atoms with Gasteiger partial charge in [-0.25, -0.2) is 0 Å². The van der Waals surface area contributed by atoms with E-state index in [0.29, 0.717) is 5.75 Å². The van der Waals surface area contributed by atoms with Crippen LogP contribution in [0.3, 0.4) is 0 Å². The minimum atomic E-state index is -0.782. The number of rotatable bonds is 1. The number of nitrogens with zero attached hydrogens (tertiary/aromatic N) is 1. The number of thioether (sulfide) groups is 1. The molecule has 0 amide bonds. The minimum absolute atomic E-state index is 0.519. The van der Waals surface area contributed by atoms with Crippen LogP contribution in [0, 0.1) is 0 Å². The Labute approximate surface area is 94.3 Å². The van der Waals surface area contributed by atoms with E-state index >= 15 is 0 Å². The molecule has 0 aromatic heterocycles. The second-order valence-corrected chi connectivity index (χ2v) is 4.70. The van der Waals surface area contributed by atoms with Crippen molar-refractivity contribution in [3.05, 3.63) is 34.3 Å². The van der Waals surface area contributed by atoms with E-state index in [2.05, 4.69) is 21.1 Å². The van der Waals surface area contributed by atoms with Gasteiger partial charge in [0.1, 0.15) is 5.04 Å². The van der Waals surface area contributed by atoms with Crippen LogP contribution in [0.15, 0.2) is 33.9 Å². The van der Waals surface area contributed by atoms with Crippen LogP contribution >= 0.6 is 27.7 Å². The van der Waals surface area contributed by atoms with Gasteiger partial charge in [0.15, 0.2) is 0 Å². The molecule has 1 atom stereocenters. The summed E-state index contributed by atoms with van der Waals surface area (Å²) in [6.45, 7) is 0. The normalized spacial score (nSPS) is 21.3. The van der Waals surface area contributed by atoms with E-state index in [1.165, 1.54) is 11.8 Å². The summed E-state index contributed by atoms with van der Waals surface area (Å²) in [4.78, 5) is 4.79. The molecule has 0 radical (unpaired) electrons. The van der Waals surface area contributed by atoms with Crippen LogP contribution in [0.5, 0.6) is 0 Å². The summed E-state index contributed by atoms with van der Waals surface area (Å²) < 4.78 is 1.00. The standard InChI is InChI=1S/C9H8BrNO2S/c10-7-3-1-2-6(4-7)9-11-13-8(12)5-14-9/h1-4,8,12H,5H2. The number of oxime groups is 1. The highest BCUT2D eigenvalue weighted by Gasteiger charge is 2.16. The first-order chi connectivity index (χ1) is 6.75. The molecular weight excluding hydrogens is 266 g/mol. The third-order valence-electron chi connectivity index (χ3n) is 1.69. The first-order valence-electron chi connectivity index (χ1n) is 4.06. The highest BCUT2D eigenvalue weighted by atomic mass is 79.9. The molecule has 1 heterocycles. The van der Waals surface area contributed by atoms with Gasteiger partial charge in [0.2, 0.25) is 6.29 Å². The van der Waals surface area contributed by atoms with Crippen molar-refractivity contribution in [2.75, 3.05) is 5.75 Å². The maximum atomic E-state index is 9.07. The zero-order chi connectivity index (χ0) is 9.97. The Bertz CT molecular complexity index is 370. The van der Waals surface area contributed by atoms with Crippen molar-refractivity contribution in [2.45, 2.75) is 6.29 Å². The van der Waals surface area contributed by atoms with Crippen LogP contribution in [0.25, 0.3) is 0 Å². The molecule has 0 fully saturated rings. The second kappa shape index (κ2) is 4.33. The zero-order valence-electron chi connectivity index (χ0n) is 7.18. The fraction of sp³-hybridized carbons (Fsp3) is 0.222. The van der Waals surface area contributed by atoms with Crippen molar-refractivity contribution in [1.29, 1.82) is 0 Å². The van der Waals surface area contributed by atoms with Crippen molar-refractivity contribution in [3.63, 3.8) is 0 Å². The largest absolute Gasteiger partial charge is 0.362 e. The van der Waals surface area contributed by atoms with E-state index < -0.39 is 6.29 Å². The third kappa shape index (κ3) is 2.29. The zero-order valence-corrected chi connectivity index (χ0v) is 9.59. The van der Waals surface area contributed by atoms with Crippen LogP contribution < -0.4 is 0 Å². The van der Waals surface area contributed by atoms with Gasteiger partial charge < -0.3 is 9.94 Å². The summed E-state index contributed by atoms with van der Waals surface area (Å²) in [6.07, 6.45) is -0.782. The molecule has 14 heavy (non-hydrogen) atoms. The number of aliphatic hydroxyl groups excluding tert-OH is 1. The average molecular weight is 274 g/mol. The lowest BCUT2D eigenvalue weighted by molar-refractivity contribution is -0.0813. The Morgan fingerprint density at radius 1 is 1.57 bits per heavy atom. The van der Waals surface area contributed by atoms with E-state index in [-0.39, 0.29) is 0 Å². The van der Waals surface area contributed by atoms with Gasteiger partial charge in [0.05, 0.1) is 5.75 Å². The smallest absolute Gasteiger partial charge is 0.233 e. The first kappa shape index (κ1) is 10.0. The van der Waals surface area contributed by atoms with Gasteiger partial charge in [-0.05, 0) is 12.1 Å². The van der Waals surface area contributed by atoms with Crippen LogP contribution in [0.2, 0.25) is 0 Å². The van der Waals surface area contributed by atoms with Gasteiger partial charge >= 0.3 is 0 Å². The number of aliphatic hydroxyl groups is 1. The predicted molar refractivity (Wildman–Crippen MR) is 60.2 cm³/mol. The summed E-state index contributed by atoms with van der Waals surface area (Å²) in [5, 5.41) is 13.7. The minimum Gasteiger partial charge on any atom is -0.362 e. The summed E-state index contributed by atoms with van der Waals surface area (Å²) >= 11 is 4.87. The van der Waals surface area contributed by atoms with E-state index in [4.69, 9.17) is 9.94 Å². The lowest BCUT2D eigenvalue weighted by Gasteiger charge is -2.15. The Kier molecular flexibility index (Phi) is 3.10. The van der Waals surface area contributed by atoms with E-state index in [1.54, 1.807) is 0 Å². The Hall–Kier alpha value is -0.520. The molecule has 74 valence electrons. The van der Waals surface area contributed by atoms with Gasteiger partial charge in [0, 0.05) is 10.0 Å². The second-order valence-electron chi connectivity index (χ2n) is 2.78. The third-order valence-corrected chi connectivity index (χ3v) is 3.22. The molecule has 0 aliphatic carbocycles. The maximum absolute atomic E-state index is 9.07. The SMILES string of the molecule is OC1CSC(c2cccc(Br)c2)=NO1. The van der Waals surface area contributed by atoms with Gasteiger partial charge in [-0.3, -0.25) is 0 Å². The average Bonchev–Trinajstić information content (AvgIpc) is 2.19. The molecule has 1 aromatic rings. The molecule has 3 nitrogen and oxygen atoms in total. The van der Waals surface area contributed by atoms with Crippen molar-refractivity contribution < 1.29 is 9.94 Å². The fourth-order valence-electron chi connectivity index (χ4n) is 1.07. The van der Waals surface area contributed by atoms with Gasteiger partial charge in [-0.1, -0.05) is 45.0 Å². The van der Waals surface area contributed by atoms with Crippen LogP contribution in [0.4, 0.5) is 0 Å². The molecule has 0 saturated heterocycles. The van der Waals surface area contributed by atoms with Crippen molar-refractivity contribution in [1.82, 2.24) is 0 Å². The Morgan fingerprint density at radius 2 is 2.43 bits per heavy atom. The van der Waals surface area contributed by atoms with Gasteiger partial charge in [-0.15, -0.1) is 0 Å². The molecule has 1 aliphatic heterocycles. The molecule has 2 rings (SSSR count). The van der Waals surface area contributed by atoms with E-state index in [1.807, 2.05) is 24.3 Å². The monoisotopic (exact) mass is 273 g/mol. The van der Waals surface area contributed by atoms with Crippen molar-refractivity contribution in [2.24, 2.45) is 5.16 Å². The molecule has 1 unspecified atom stereocenters. The van der Waals surface area contributed by atoms with Crippen LogP contribution in [0.1, 0.15) is 5.56 Å². The highest BCUT2D eigenvalue weighted by molar-refractivity contribution is 9.10. The van der Waals surface area contributed by atoms with Crippen LogP contribution in [-0.4, -0.2) is 22.2 Å². The quantitative estimate of drug-likeness (QED) is 0.853. The maximum Gasteiger partial charge on any atom is 0.233 e. The molecule has 5 heteroatoms. The lowest BCUT2D eigenvalue weighted by Crippen LogP contribution is -2.19. The van der Waals surface area contributed by atoms with Crippen molar-refractivity contribution in [3.8, 4) is 0 Å². The molecule has 1 aliphatic rings. The predicted octanol–water partition coefficient (Wildman–Crippen LogP) is 2.19. The fourth-order valence-corrected chi connectivity index (χ4v) is 2.22. The highest BCUT2D eigenvalue weighted by Crippen LogP contribution is 2.22. The number of hydrogen-bond acceptors (Lipinski definition) is 4. The molecule has 1 aromatic carbocycles. The Balaban J connectivity index is 2.23. The van der Waals surface area contributed by atoms with Gasteiger partial charge in [-0.2, -0.15) is 0 Å². The van der Waals surface area contributed by atoms with Crippen LogP contribution in [-0.2, 0) is 4.84 Å². The van der Waals surface area contributed by atoms with E-state index in [9.17, 15) is 0 Å². The summed E-state index contributed by atoms with van der Waals surface area (Å²) in [6, 6.07) is 7.81. The van der Waals surface area contributed by atoms with Crippen molar-refractivity contribution >= 4 is 32.7 Å². The number of halogens is 1. The molecule has 0 saturated carbocycles. The molecule has 1 N–H and O–H groups in total. The Morgan fingerprint density at radius 3 is 3.07 bits per heavy atom.